The fourth-order valence-electron chi connectivity index (χ4n) is 1.92. The maximum atomic E-state index is 13.6. The van der Waals surface area contributed by atoms with Crippen LogP contribution in [0.5, 0.6) is 5.75 Å². The molecule has 0 heterocycles. The lowest BCUT2D eigenvalue weighted by Crippen LogP contribution is -2.41. The number of hydrogen-bond donors (Lipinski definition) is 3. The first kappa shape index (κ1) is 18.2. The molecule has 0 bridgehead atoms. The van der Waals surface area contributed by atoms with E-state index in [4.69, 9.17) is 11.6 Å². The average molecular weight is 416 g/mol. The van der Waals surface area contributed by atoms with Gasteiger partial charge in [-0.3, -0.25) is 20.4 Å². The molecule has 5 nitrogen and oxygen atoms in total. The molecule has 2 aromatic rings. The molecule has 0 fully saturated rings. The zero-order valence-corrected chi connectivity index (χ0v) is 14.6. The SMILES string of the molecule is O=C(CCc1ccc(Br)cc1F)NNC(=O)c1cc(Cl)ccc1O. The number of hydrogen-bond acceptors (Lipinski definition) is 3. The van der Waals surface area contributed by atoms with Crippen molar-refractivity contribution < 1.29 is 19.1 Å². The Kier molecular flexibility index (Phi) is 6.16. The van der Waals surface area contributed by atoms with Crippen LogP contribution in [0, 0.1) is 5.82 Å². The number of aryl methyl sites for hydroxylation is 1. The number of hydrazine groups is 1. The van der Waals surface area contributed by atoms with Crippen molar-refractivity contribution in [2.24, 2.45) is 0 Å². The van der Waals surface area contributed by atoms with Crippen LogP contribution in [0.2, 0.25) is 5.02 Å². The van der Waals surface area contributed by atoms with E-state index in [9.17, 15) is 19.1 Å². The molecule has 126 valence electrons. The van der Waals surface area contributed by atoms with Crippen molar-refractivity contribution in [3.63, 3.8) is 0 Å². The van der Waals surface area contributed by atoms with Crippen molar-refractivity contribution in [1.82, 2.24) is 10.9 Å². The summed E-state index contributed by atoms with van der Waals surface area (Å²) in [7, 11) is 0. The maximum Gasteiger partial charge on any atom is 0.273 e. The van der Waals surface area contributed by atoms with Gasteiger partial charge in [0.25, 0.3) is 5.91 Å². The van der Waals surface area contributed by atoms with E-state index in [0.29, 0.717) is 10.0 Å². The highest BCUT2D eigenvalue weighted by Gasteiger charge is 2.13. The highest BCUT2D eigenvalue weighted by atomic mass is 79.9. The van der Waals surface area contributed by atoms with Crippen LogP contribution in [0.3, 0.4) is 0 Å². The summed E-state index contributed by atoms with van der Waals surface area (Å²) in [6.07, 6.45) is 0.170. The van der Waals surface area contributed by atoms with Crippen LogP contribution in [0.4, 0.5) is 4.39 Å². The van der Waals surface area contributed by atoms with Gasteiger partial charge in [-0.1, -0.05) is 33.6 Å². The van der Waals surface area contributed by atoms with Crippen molar-refractivity contribution in [2.45, 2.75) is 12.8 Å². The lowest BCUT2D eigenvalue weighted by Gasteiger charge is -2.09. The second-order valence-electron chi connectivity index (χ2n) is 4.90. The Balaban J connectivity index is 1.86. The number of carbonyl (C=O) groups is 2. The molecule has 0 aliphatic rings. The molecule has 0 aromatic heterocycles. The summed E-state index contributed by atoms with van der Waals surface area (Å²) in [6.45, 7) is 0. The van der Waals surface area contributed by atoms with Crippen LogP contribution in [0.15, 0.2) is 40.9 Å². The molecular formula is C16H13BrClFN2O3. The van der Waals surface area contributed by atoms with Gasteiger partial charge >= 0.3 is 0 Å². The number of nitrogens with one attached hydrogen (secondary N) is 2. The van der Waals surface area contributed by atoms with Crippen molar-refractivity contribution in [3.8, 4) is 5.75 Å². The molecule has 24 heavy (non-hydrogen) atoms. The number of rotatable bonds is 4. The molecule has 2 aromatic carbocycles. The topological polar surface area (TPSA) is 78.4 Å². The Morgan fingerprint density at radius 1 is 1.17 bits per heavy atom. The Labute approximate surface area is 150 Å². The number of phenols is 1. The monoisotopic (exact) mass is 414 g/mol. The van der Waals surface area contributed by atoms with Crippen LogP contribution in [-0.4, -0.2) is 16.9 Å². The van der Waals surface area contributed by atoms with E-state index in [0.717, 1.165) is 0 Å². The van der Waals surface area contributed by atoms with Gasteiger partial charge in [0.15, 0.2) is 0 Å². The first-order valence-corrected chi connectivity index (χ1v) is 8.05. The number of phenolic OH excluding ortho intramolecular Hbond substituents is 1. The van der Waals surface area contributed by atoms with Crippen molar-refractivity contribution in [1.29, 1.82) is 0 Å². The summed E-state index contributed by atoms with van der Waals surface area (Å²) in [5.41, 5.74) is 4.70. The second kappa shape index (κ2) is 8.12. The molecule has 0 aliphatic heterocycles. The minimum Gasteiger partial charge on any atom is -0.507 e. The maximum absolute atomic E-state index is 13.6. The molecule has 0 aliphatic carbocycles. The normalized spacial score (nSPS) is 10.3. The number of aromatic hydroxyl groups is 1. The molecule has 0 saturated carbocycles. The van der Waals surface area contributed by atoms with Gasteiger partial charge in [0.05, 0.1) is 5.56 Å². The van der Waals surface area contributed by atoms with Gasteiger partial charge in [-0.25, -0.2) is 4.39 Å². The number of halogens is 3. The smallest absolute Gasteiger partial charge is 0.273 e. The van der Waals surface area contributed by atoms with Gasteiger partial charge in [0.1, 0.15) is 11.6 Å². The van der Waals surface area contributed by atoms with Crippen molar-refractivity contribution >= 4 is 39.3 Å². The standard InChI is InChI=1S/C16H13BrClFN2O3/c17-10-3-1-9(13(19)7-10)2-6-15(23)20-21-16(24)12-8-11(18)4-5-14(12)22/h1,3-5,7-8,22H,2,6H2,(H,20,23)(H,21,24). The van der Waals surface area contributed by atoms with Crippen LogP contribution < -0.4 is 10.9 Å². The third-order valence-corrected chi connectivity index (χ3v) is 3.88. The lowest BCUT2D eigenvalue weighted by atomic mass is 10.1. The van der Waals surface area contributed by atoms with E-state index in [1.54, 1.807) is 12.1 Å². The molecule has 0 atom stereocenters. The predicted molar refractivity (Wildman–Crippen MR) is 91.1 cm³/mol. The van der Waals surface area contributed by atoms with E-state index in [-0.39, 0.29) is 29.2 Å². The minimum absolute atomic E-state index is 0.0135. The fourth-order valence-corrected chi connectivity index (χ4v) is 2.42. The number of benzene rings is 2. The lowest BCUT2D eigenvalue weighted by molar-refractivity contribution is -0.121. The number of carbonyl (C=O) groups excluding carboxylic acids is 2. The molecule has 3 N–H and O–H groups in total. The van der Waals surface area contributed by atoms with Crippen LogP contribution in [-0.2, 0) is 11.2 Å². The zero-order chi connectivity index (χ0) is 17.7. The third kappa shape index (κ3) is 4.94. The Morgan fingerprint density at radius 3 is 2.62 bits per heavy atom. The second-order valence-corrected chi connectivity index (χ2v) is 6.25. The van der Waals surface area contributed by atoms with Crippen LogP contribution >= 0.6 is 27.5 Å². The summed E-state index contributed by atoms with van der Waals surface area (Å²) < 4.78 is 14.3. The Hall–Kier alpha value is -2.12. The highest BCUT2D eigenvalue weighted by Crippen LogP contribution is 2.21. The number of amides is 2. The molecule has 0 saturated heterocycles. The molecule has 2 rings (SSSR count). The summed E-state index contributed by atoms with van der Waals surface area (Å²) in [5.74, 6) is -1.88. The average Bonchev–Trinajstić information content (AvgIpc) is 2.54. The summed E-state index contributed by atoms with van der Waals surface area (Å²) >= 11 is 8.90. The molecule has 0 spiro atoms. The summed E-state index contributed by atoms with van der Waals surface area (Å²) in [5, 5.41) is 9.87. The van der Waals surface area contributed by atoms with E-state index < -0.39 is 17.6 Å². The summed E-state index contributed by atoms with van der Waals surface area (Å²) in [4.78, 5) is 23.6. The van der Waals surface area contributed by atoms with Gasteiger partial charge in [-0.2, -0.15) is 0 Å². The first-order chi connectivity index (χ1) is 11.4. The Bertz CT molecular complexity index is 786. The third-order valence-electron chi connectivity index (χ3n) is 3.16. The predicted octanol–water partition coefficient (Wildman–Crippen LogP) is 3.34. The van der Waals surface area contributed by atoms with Gasteiger partial charge in [0.2, 0.25) is 5.91 Å². The van der Waals surface area contributed by atoms with E-state index in [1.165, 1.54) is 24.3 Å². The first-order valence-electron chi connectivity index (χ1n) is 6.88. The van der Waals surface area contributed by atoms with Crippen molar-refractivity contribution in [2.75, 3.05) is 0 Å². The van der Waals surface area contributed by atoms with E-state index in [2.05, 4.69) is 26.8 Å². The van der Waals surface area contributed by atoms with Crippen LogP contribution in [0.25, 0.3) is 0 Å². The zero-order valence-electron chi connectivity index (χ0n) is 12.3. The van der Waals surface area contributed by atoms with E-state index in [1.807, 2.05) is 0 Å². The van der Waals surface area contributed by atoms with Crippen molar-refractivity contribution in [3.05, 3.63) is 62.8 Å². The summed E-state index contributed by atoms with van der Waals surface area (Å²) in [6, 6.07) is 8.55. The molecule has 2 amide bonds. The van der Waals surface area contributed by atoms with E-state index >= 15 is 0 Å². The minimum atomic E-state index is -0.710. The Morgan fingerprint density at radius 2 is 1.92 bits per heavy atom. The molecule has 8 heteroatoms. The molecule has 0 unspecified atom stereocenters. The van der Waals surface area contributed by atoms with Gasteiger partial charge < -0.3 is 5.11 Å². The molecule has 0 radical (unpaired) electrons. The van der Waals surface area contributed by atoms with Crippen LogP contribution in [0.1, 0.15) is 22.3 Å². The fraction of sp³-hybridized carbons (Fsp3) is 0.125. The van der Waals surface area contributed by atoms with Gasteiger partial charge in [0, 0.05) is 15.9 Å². The quantitative estimate of drug-likeness (QED) is 0.670. The van der Waals surface area contributed by atoms with Gasteiger partial charge in [-0.15, -0.1) is 0 Å². The van der Waals surface area contributed by atoms with Gasteiger partial charge in [-0.05, 0) is 42.3 Å². The highest BCUT2D eigenvalue weighted by molar-refractivity contribution is 9.10. The molecular weight excluding hydrogens is 403 g/mol. The largest absolute Gasteiger partial charge is 0.507 e.